The van der Waals surface area contributed by atoms with Crippen molar-refractivity contribution in [2.45, 2.75) is 0 Å². The number of nitrogen functional groups attached to an aromatic ring is 1. The van der Waals surface area contributed by atoms with Crippen molar-refractivity contribution in [1.29, 1.82) is 0 Å². The average Bonchev–Trinajstić information content (AvgIpc) is 2.74. The summed E-state index contributed by atoms with van der Waals surface area (Å²) in [5.41, 5.74) is 5.71. The Kier molecular flexibility index (Phi) is 3.65. The SMILES string of the molecule is Nc1cc2sc(N(CCO)CCO)cc2s1. The number of hydrogen-bond donors (Lipinski definition) is 3. The number of nitrogens with zero attached hydrogens (tertiary/aromatic N) is 1. The van der Waals surface area contributed by atoms with E-state index >= 15 is 0 Å². The third kappa shape index (κ3) is 2.30. The van der Waals surface area contributed by atoms with E-state index in [1.54, 1.807) is 22.7 Å². The second-order valence-corrected chi connectivity index (χ2v) is 5.57. The van der Waals surface area contributed by atoms with Crippen molar-refractivity contribution < 1.29 is 10.2 Å². The molecule has 0 saturated heterocycles. The monoisotopic (exact) mass is 258 g/mol. The first-order valence-electron chi connectivity index (χ1n) is 5.00. The number of hydrogen-bond acceptors (Lipinski definition) is 6. The Morgan fingerprint density at radius 3 is 2.25 bits per heavy atom. The highest BCUT2D eigenvalue weighted by molar-refractivity contribution is 7.31. The van der Waals surface area contributed by atoms with E-state index in [4.69, 9.17) is 15.9 Å². The lowest BCUT2D eigenvalue weighted by atomic mass is 10.4. The van der Waals surface area contributed by atoms with Crippen molar-refractivity contribution in [1.82, 2.24) is 0 Å². The summed E-state index contributed by atoms with van der Waals surface area (Å²) in [6.07, 6.45) is 0. The van der Waals surface area contributed by atoms with Crippen LogP contribution in [0.5, 0.6) is 0 Å². The predicted octanol–water partition coefficient (Wildman–Crippen LogP) is 1.34. The van der Waals surface area contributed by atoms with Gasteiger partial charge in [-0.3, -0.25) is 0 Å². The number of fused-ring (bicyclic) bond motifs is 1. The van der Waals surface area contributed by atoms with Gasteiger partial charge in [-0.1, -0.05) is 0 Å². The molecule has 4 N–H and O–H groups in total. The smallest absolute Gasteiger partial charge is 0.0931 e. The highest BCUT2D eigenvalue weighted by atomic mass is 32.1. The maximum Gasteiger partial charge on any atom is 0.0931 e. The lowest BCUT2D eigenvalue weighted by molar-refractivity contribution is 0.281. The van der Waals surface area contributed by atoms with Crippen LogP contribution in [-0.2, 0) is 0 Å². The molecule has 16 heavy (non-hydrogen) atoms. The maximum atomic E-state index is 8.96. The Morgan fingerprint density at radius 1 is 1.06 bits per heavy atom. The number of thiophene rings is 2. The number of aliphatic hydroxyl groups is 2. The van der Waals surface area contributed by atoms with Crippen molar-refractivity contribution >= 4 is 42.1 Å². The van der Waals surface area contributed by atoms with Crippen LogP contribution in [0.1, 0.15) is 0 Å². The maximum absolute atomic E-state index is 8.96. The minimum absolute atomic E-state index is 0.0910. The molecule has 0 aliphatic rings. The lowest BCUT2D eigenvalue weighted by Crippen LogP contribution is -2.28. The summed E-state index contributed by atoms with van der Waals surface area (Å²) in [5.74, 6) is 0. The number of nitrogens with two attached hydrogens (primary N) is 1. The van der Waals surface area contributed by atoms with E-state index in [9.17, 15) is 0 Å². The minimum atomic E-state index is 0.0910. The Labute approximate surface area is 102 Å². The quantitative estimate of drug-likeness (QED) is 0.757. The van der Waals surface area contributed by atoms with Gasteiger partial charge in [-0.05, 0) is 12.1 Å². The molecule has 0 bridgehead atoms. The molecular weight excluding hydrogens is 244 g/mol. The highest BCUT2D eigenvalue weighted by Crippen LogP contribution is 2.38. The first-order valence-corrected chi connectivity index (χ1v) is 6.63. The summed E-state index contributed by atoms with van der Waals surface area (Å²) in [4.78, 5) is 1.98. The second kappa shape index (κ2) is 5.01. The predicted molar refractivity (Wildman–Crippen MR) is 70.5 cm³/mol. The summed E-state index contributed by atoms with van der Waals surface area (Å²) >= 11 is 3.20. The molecule has 2 aromatic rings. The topological polar surface area (TPSA) is 69.7 Å². The third-order valence-electron chi connectivity index (χ3n) is 2.26. The number of aliphatic hydroxyl groups excluding tert-OH is 2. The molecule has 88 valence electrons. The Bertz CT molecular complexity index is 429. The molecule has 0 amide bonds. The van der Waals surface area contributed by atoms with Crippen LogP contribution in [0.4, 0.5) is 10.0 Å². The van der Waals surface area contributed by atoms with E-state index in [-0.39, 0.29) is 13.2 Å². The molecule has 4 nitrogen and oxygen atoms in total. The van der Waals surface area contributed by atoms with Gasteiger partial charge >= 0.3 is 0 Å². The fraction of sp³-hybridized carbons (Fsp3) is 0.400. The number of rotatable bonds is 5. The molecular formula is C10H14N2O2S2. The van der Waals surface area contributed by atoms with E-state index < -0.39 is 0 Å². The summed E-state index contributed by atoms with van der Waals surface area (Å²) in [5, 5.41) is 19.8. The van der Waals surface area contributed by atoms with Gasteiger partial charge in [0.15, 0.2) is 0 Å². The standard InChI is InChI=1S/C10H14N2O2S2/c11-9-5-7-8(15-9)6-10(16-7)12(1-3-13)2-4-14/h5-6,13-14H,1-4,11H2. The molecule has 0 saturated carbocycles. The summed E-state index contributed by atoms with van der Waals surface area (Å²) in [6, 6.07) is 4.02. The zero-order valence-corrected chi connectivity index (χ0v) is 10.4. The van der Waals surface area contributed by atoms with Crippen molar-refractivity contribution in [2.24, 2.45) is 0 Å². The van der Waals surface area contributed by atoms with Gasteiger partial charge in [0, 0.05) is 22.5 Å². The van der Waals surface area contributed by atoms with Crippen LogP contribution in [0.15, 0.2) is 12.1 Å². The Morgan fingerprint density at radius 2 is 1.69 bits per heavy atom. The first-order chi connectivity index (χ1) is 7.74. The Balaban J connectivity index is 2.25. The van der Waals surface area contributed by atoms with Gasteiger partial charge in [0.25, 0.3) is 0 Å². The largest absolute Gasteiger partial charge is 0.395 e. The second-order valence-electron chi connectivity index (χ2n) is 3.40. The molecule has 6 heteroatoms. The van der Waals surface area contributed by atoms with E-state index in [1.807, 2.05) is 11.0 Å². The van der Waals surface area contributed by atoms with E-state index in [2.05, 4.69) is 6.07 Å². The van der Waals surface area contributed by atoms with Crippen LogP contribution < -0.4 is 10.6 Å². The highest BCUT2D eigenvalue weighted by Gasteiger charge is 2.11. The van der Waals surface area contributed by atoms with Crippen molar-refractivity contribution in [3.63, 3.8) is 0 Å². The van der Waals surface area contributed by atoms with Gasteiger partial charge in [-0.15, -0.1) is 22.7 Å². The van der Waals surface area contributed by atoms with Gasteiger partial charge in [0.1, 0.15) is 0 Å². The van der Waals surface area contributed by atoms with Crippen molar-refractivity contribution in [2.75, 3.05) is 36.9 Å². The molecule has 0 aliphatic carbocycles. The molecule has 0 spiro atoms. The summed E-state index contributed by atoms with van der Waals surface area (Å²) < 4.78 is 2.33. The van der Waals surface area contributed by atoms with Gasteiger partial charge in [0.2, 0.25) is 0 Å². The lowest BCUT2D eigenvalue weighted by Gasteiger charge is -2.20. The molecule has 0 fully saturated rings. The van der Waals surface area contributed by atoms with Crippen LogP contribution in [-0.4, -0.2) is 36.5 Å². The molecule has 2 aromatic heterocycles. The molecule has 2 heterocycles. The molecule has 0 aliphatic heterocycles. The van der Waals surface area contributed by atoms with Gasteiger partial charge in [-0.25, -0.2) is 0 Å². The fourth-order valence-electron chi connectivity index (χ4n) is 1.57. The number of anilines is 2. The summed E-state index contributed by atoms with van der Waals surface area (Å²) in [6.45, 7) is 1.27. The van der Waals surface area contributed by atoms with Crippen molar-refractivity contribution in [3.8, 4) is 0 Å². The van der Waals surface area contributed by atoms with Crippen LogP contribution in [0.3, 0.4) is 0 Å². The van der Waals surface area contributed by atoms with E-state index in [1.165, 1.54) is 9.40 Å². The zero-order valence-electron chi connectivity index (χ0n) is 8.72. The van der Waals surface area contributed by atoms with Gasteiger partial charge < -0.3 is 20.8 Å². The van der Waals surface area contributed by atoms with Crippen LogP contribution >= 0.6 is 22.7 Å². The molecule has 0 atom stereocenters. The van der Waals surface area contributed by atoms with E-state index in [0.717, 1.165) is 10.0 Å². The van der Waals surface area contributed by atoms with Crippen LogP contribution in [0, 0.1) is 0 Å². The molecule has 0 radical (unpaired) electrons. The molecule has 2 rings (SSSR count). The van der Waals surface area contributed by atoms with Crippen LogP contribution in [0.2, 0.25) is 0 Å². The minimum Gasteiger partial charge on any atom is -0.395 e. The molecule has 0 unspecified atom stereocenters. The molecule has 0 aromatic carbocycles. The van der Waals surface area contributed by atoms with Gasteiger partial charge in [-0.2, -0.15) is 0 Å². The Hall–Kier alpha value is -0.820. The van der Waals surface area contributed by atoms with Crippen molar-refractivity contribution in [3.05, 3.63) is 12.1 Å². The average molecular weight is 258 g/mol. The first kappa shape index (κ1) is 11.7. The fourth-order valence-corrected chi connectivity index (χ4v) is 3.79. The van der Waals surface area contributed by atoms with E-state index in [0.29, 0.717) is 13.1 Å². The van der Waals surface area contributed by atoms with Gasteiger partial charge in [0.05, 0.1) is 23.2 Å². The normalized spacial score (nSPS) is 11.1. The zero-order chi connectivity index (χ0) is 11.5. The van der Waals surface area contributed by atoms with Crippen LogP contribution in [0.25, 0.3) is 9.40 Å². The summed E-state index contributed by atoms with van der Waals surface area (Å²) in [7, 11) is 0. The third-order valence-corrected chi connectivity index (χ3v) is 4.45.